The van der Waals surface area contributed by atoms with Crippen molar-refractivity contribution in [3.8, 4) is 0 Å². The third-order valence-electron chi connectivity index (χ3n) is 4.61. The van der Waals surface area contributed by atoms with Crippen LogP contribution < -0.4 is 0 Å². The largest absolute Gasteiger partial charge is 0.336 e. The predicted molar refractivity (Wildman–Crippen MR) is 74.0 cm³/mol. The summed E-state index contributed by atoms with van der Waals surface area (Å²) in [5.74, 6) is 0.107. The van der Waals surface area contributed by atoms with Gasteiger partial charge in [-0.3, -0.25) is 9.48 Å². The molecule has 0 N–H and O–H groups in total. The topological polar surface area (TPSA) is 38.1 Å². The van der Waals surface area contributed by atoms with Crippen LogP contribution in [-0.2, 0) is 0 Å². The first kappa shape index (κ1) is 12.7. The lowest BCUT2D eigenvalue weighted by Gasteiger charge is -2.52. The van der Waals surface area contributed by atoms with Gasteiger partial charge in [0.05, 0.1) is 0 Å². The number of amides is 1. The van der Waals surface area contributed by atoms with E-state index in [9.17, 15) is 4.79 Å². The smallest absolute Gasteiger partial charge is 0.274 e. The van der Waals surface area contributed by atoms with Crippen LogP contribution >= 0.6 is 0 Å². The summed E-state index contributed by atoms with van der Waals surface area (Å²) >= 11 is 0. The van der Waals surface area contributed by atoms with Gasteiger partial charge in [-0.15, -0.1) is 0 Å². The van der Waals surface area contributed by atoms with Crippen molar-refractivity contribution in [2.24, 2.45) is 5.41 Å². The van der Waals surface area contributed by atoms with E-state index in [0.29, 0.717) is 17.2 Å². The molecule has 1 aliphatic carbocycles. The van der Waals surface area contributed by atoms with Gasteiger partial charge in [0.15, 0.2) is 0 Å². The molecule has 1 amide bonds. The standard InChI is InChI=1S/C15H23N3O/c1-12(2)18-9-6-13(16-18)14(19)17-10-15(11-17)7-4-3-5-8-15/h6,9,12H,3-5,7-8,10-11H2,1-2H3. The maximum atomic E-state index is 12.3. The zero-order valence-corrected chi connectivity index (χ0v) is 11.9. The second-order valence-corrected chi connectivity index (χ2v) is 6.50. The summed E-state index contributed by atoms with van der Waals surface area (Å²) in [6, 6.07) is 2.15. The van der Waals surface area contributed by atoms with E-state index >= 15 is 0 Å². The van der Waals surface area contributed by atoms with E-state index in [1.54, 1.807) is 0 Å². The molecule has 0 bridgehead atoms. The molecular formula is C15H23N3O. The van der Waals surface area contributed by atoms with Crippen LogP contribution in [0, 0.1) is 5.41 Å². The minimum atomic E-state index is 0.107. The molecule has 0 aromatic carbocycles. The van der Waals surface area contributed by atoms with Crippen LogP contribution in [0.5, 0.6) is 0 Å². The SMILES string of the molecule is CC(C)n1ccc(C(=O)N2CC3(CCCCC3)C2)n1. The molecule has 1 saturated carbocycles. The van der Waals surface area contributed by atoms with E-state index in [2.05, 4.69) is 18.9 Å². The molecule has 3 rings (SSSR count). The minimum absolute atomic E-state index is 0.107. The number of hydrogen-bond donors (Lipinski definition) is 0. The van der Waals surface area contributed by atoms with Crippen molar-refractivity contribution >= 4 is 5.91 Å². The lowest BCUT2D eigenvalue weighted by Crippen LogP contribution is -2.59. The molecule has 1 saturated heterocycles. The number of likely N-dealkylation sites (tertiary alicyclic amines) is 1. The van der Waals surface area contributed by atoms with E-state index in [-0.39, 0.29) is 5.91 Å². The second-order valence-electron chi connectivity index (χ2n) is 6.50. The molecule has 1 aromatic rings. The zero-order valence-electron chi connectivity index (χ0n) is 11.9. The Morgan fingerprint density at radius 3 is 2.53 bits per heavy atom. The van der Waals surface area contributed by atoms with Crippen molar-refractivity contribution in [2.45, 2.75) is 52.0 Å². The third kappa shape index (κ3) is 2.28. The molecule has 1 spiro atoms. The summed E-state index contributed by atoms with van der Waals surface area (Å²) in [7, 11) is 0. The first-order chi connectivity index (χ1) is 9.10. The van der Waals surface area contributed by atoms with Gasteiger partial charge in [0.1, 0.15) is 5.69 Å². The minimum Gasteiger partial charge on any atom is -0.336 e. The normalized spacial score (nSPS) is 21.7. The van der Waals surface area contributed by atoms with Crippen LogP contribution in [0.25, 0.3) is 0 Å². The first-order valence-corrected chi connectivity index (χ1v) is 7.44. The maximum Gasteiger partial charge on any atom is 0.274 e. The maximum absolute atomic E-state index is 12.3. The molecular weight excluding hydrogens is 238 g/mol. The summed E-state index contributed by atoms with van der Waals surface area (Å²) in [5.41, 5.74) is 1.05. The van der Waals surface area contributed by atoms with Crippen LogP contribution in [-0.4, -0.2) is 33.7 Å². The van der Waals surface area contributed by atoms with Crippen LogP contribution in [0.2, 0.25) is 0 Å². The molecule has 19 heavy (non-hydrogen) atoms. The Balaban J connectivity index is 1.62. The van der Waals surface area contributed by atoms with E-state index in [4.69, 9.17) is 0 Å². The number of aromatic nitrogens is 2. The molecule has 1 aromatic heterocycles. The highest BCUT2D eigenvalue weighted by Gasteiger charge is 2.45. The van der Waals surface area contributed by atoms with Gasteiger partial charge in [-0.1, -0.05) is 19.3 Å². The lowest BCUT2D eigenvalue weighted by atomic mass is 9.68. The molecule has 0 unspecified atom stereocenters. The van der Waals surface area contributed by atoms with Crippen molar-refractivity contribution in [3.05, 3.63) is 18.0 Å². The van der Waals surface area contributed by atoms with Crippen molar-refractivity contribution in [1.29, 1.82) is 0 Å². The fourth-order valence-electron chi connectivity index (χ4n) is 3.43. The highest BCUT2D eigenvalue weighted by molar-refractivity contribution is 5.92. The first-order valence-electron chi connectivity index (χ1n) is 7.44. The summed E-state index contributed by atoms with van der Waals surface area (Å²) in [6.07, 6.45) is 8.55. The second kappa shape index (κ2) is 4.66. The Labute approximate surface area is 114 Å². The molecule has 0 radical (unpaired) electrons. The number of carbonyl (C=O) groups is 1. The Hall–Kier alpha value is -1.32. The molecule has 104 valence electrons. The number of carbonyl (C=O) groups excluding carboxylic acids is 1. The predicted octanol–water partition coefficient (Wildman–Crippen LogP) is 2.87. The van der Waals surface area contributed by atoms with Crippen molar-refractivity contribution < 1.29 is 4.79 Å². The van der Waals surface area contributed by atoms with Crippen molar-refractivity contribution in [1.82, 2.24) is 14.7 Å². The molecule has 2 heterocycles. The summed E-state index contributed by atoms with van der Waals surface area (Å²) in [5, 5.41) is 4.37. The highest BCUT2D eigenvalue weighted by atomic mass is 16.2. The quantitative estimate of drug-likeness (QED) is 0.821. The van der Waals surface area contributed by atoms with Crippen molar-refractivity contribution in [3.63, 3.8) is 0 Å². The van der Waals surface area contributed by atoms with E-state index < -0.39 is 0 Å². The molecule has 4 nitrogen and oxygen atoms in total. The number of rotatable bonds is 2. The van der Waals surface area contributed by atoms with E-state index in [1.807, 2.05) is 21.8 Å². The van der Waals surface area contributed by atoms with Gasteiger partial charge in [0.25, 0.3) is 5.91 Å². The highest BCUT2D eigenvalue weighted by Crippen LogP contribution is 2.44. The Morgan fingerprint density at radius 1 is 1.26 bits per heavy atom. The summed E-state index contributed by atoms with van der Waals surface area (Å²) in [6.45, 7) is 6.03. The fourth-order valence-corrected chi connectivity index (χ4v) is 3.43. The van der Waals surface area contributed by atoms with Crippen molar-refractivity contribution in [2.75, 3.05) is 13.1 Å². The number of nitrogens with zero attached hydrogens (tertiary/aromatic N) is 3. The molecule has 0 atom stereocenters. The zero-order chi connectivity index (χ0) is 13.5. The average molecular weight is 261 g/mol. The van der Waals surface area contributed by atoms with Gasteiger partial charge in [-0.2, -0.15) is 5.10 Å². The Bertz CT molecular complexity index is 463. The Kier molecular flexibility index (Phi) is 3.11. The van der Waals surface area contributed by atoms with Gasteiger partial charge in [0.2, 0.25) is 0 Å². The average Bonchev–Trinajstić information content (AvgIpc) is 2.85. The Morgan fingerprint density at radius 2 is 1.95 bits per heavy atom. The monoisotopic (exact) mass is 261 g/mol. The summed E-state index contributed by atoms with van der Waals surface area (Å²) in [4.78, 5) is 14.3. The van der Waals surface area contributed by atoms with Crippen LogP contribution in [0.4, 0.5) is 0 Å². The van der Waals surface area contributed by atoms with Crippen LogP contribution in [0.3, 0.4) is 0 Å². The van der Waals surface area contributed by atoms with Crippen LogP contribution in [0.1, 0.15) is 62.5 Å². The fraction of sp³-hybridized carbons (Fsp3) is 0.733. The van der Waals surface area contributed by atoms with Crippen LogP contribution in [0.15, 0.2) is 12.3 Å². The van der Waals surface area contributed by atoms with E-state index in [1.165, 1.54) is 32.1 Å². The molecule has 1 aliphatic heterocycles. The summed E-state index contributed by atoms with van der Waals surface area (Å²) < 4.78 is 1.85. The van der Waals surface area contributed by atoms with Gasteiger partial charge < -0.3 is 4.90 Å². The molecule has 2 aliphatic rings. The van der Waals surface area contributed by atoms with Gasteiger partial charge >= 0.3 is 0 Å². The van der Waals surface area contributed by atoms with E-state index in [0.717, 1.165) is 13.1 Å². The molecule has 4 heteroatoms. The van der Waals surface area contributed by atoms with Gasteiger partial charge in [-0.05, 0) is 32.8 Å². The van der Waals surface area contributed by atoms with Gasteiger partial charge in [0, 0.05) is 30.7 Å². The number of hydrogen-bond acceptors (Lipinski definition) is 2. The van der Waals surface area contributed by atoms with Gasteiger partial charge in [-0.25, -0.2) is 0 Å². The lowest BCUT2D eigenvalue weighted by molar-refractivity contribution is -0.0158. The molecule has 2 fully saturated rings. The third-order valence-corrected chi connectivity index (χ3v) is 4.61.